The van der Waals surface area contributed by atoms with Crippen molar-refractivity contribution < 1.29 is 9.59 Å². The fraction of sp³-hybridized carbons (Fsp3) is 0. The van der Waals surface area contributed by atoms with Crippen LogP contribution in [0.25, 0.3) is 0 Å². The molecule has 1 aromatic rings. The molecule has 0 aliphatic rings. The SMILES string of the molecule is Nc1nc(C(=O)C(=O)S)cs1. The molecule has 0 spiro atoms. The fourth-order valence-electron chi connectivity index (χ4n) is 0.501. The summed E-state index contributed by atoms with van der Waals surface area (Å²) in [5.41, 5.74) is 5.30. The largest absolute Gasteiger partial charge is 0.375 e. The summed E-state index contributed by atoms with van der Waals surface area (Å²) in [6.07, 6.45) is 0. The van der Waals surface area contributed by atoms with Crippen molar-refractivity contribution >= 4 is 40.0 Å². The van der Waals surface area contributed by atoms with Crippen LogP contribution in [0.4, 0.5) is 5.13 Å². The zero-order valence-electron chi connectivity index (χ0n) is 5.27. The first-order chi connectivity index (χ1) is 5.11. The molecule has 1 aromatic heterocycles. The van der Waals surface area contributed by atoms with Crippen LogP contribution in [0.15, 0.2) is 5.38 Å². The first-order valence-electron chi connectivity index (χ1n) is 2.60. The van der Waals surface area contributed by atoms with Gasteiger partial charge in [-0.05, 0) is 0 Å². The Bertz CT molecular complexity index is 307. The number of nitrogens with zero attached hydrogens (tertiary/aromatic N) is 1. The van der Waals surface area contributed by atoms with Crippen molar-refractivity contribution in [3.63, 3.8) is 0 Å². The van der Waals surface area contributed by atoms with Crippen LogP contribution in [0.5, 0.6) is 0 Å². The Morgan fingerprint density at radius 3 is 2.64 bits per heavy atom. The van der Waals surface area contributed by atoms with Gasteiger partial charge < -0.3 is 5.73 Å². The number of rotatable bonds is 2. The lowest BCUT2D eigenvalue weighted by atomic mass is 10.3. The topological polar surface area (TPSA) is 73.0 Å². The number of nitrogens with two attached hydrogens (primary N) is 1. The zero-order chi connectivity index (χ0) is 8.43. The highest BCUT2D eigenvalue weighted by molar-refractivity contribution is 7.99. The summed E-state index contributed by atoms with van der Waals surface area (Å²) in [5.74, 6) is -0.721. The molecule has 2 N–H and O–H groups in total. The number of thiol groups is 1. The van der Waals surface area contributed by atoms with E-state index >= 15 is 0 Å². The number of hydrogen-bond acceptors (Lipinski definition) is 5. The number of nitrogen functional groups attached to an aromatic ring is 1. The van der Waals surface area contributed by atoms with Crippen molar-refractivity contribution in [2.45, 2.75) is 0 Å². The lowest BCUT2D eigenvalue weighted by molar-refractivity contribution is -0.107. The second-order valence-electron chi connectivity index (χ2n) is 1.71. The Morgan fingerprint density at radius 2 is 2.27 bits per heavy atom. The number of carbonyl (C=O) groups excluding carboxylic acids is 2. The van der Waals surface area contributed by atoms with Crippen molar-refractivity contribution in [2.24, 2.45) is 0 Å². The predicted octanol–water partition coefficient (Wildman–Crippen LogP) is 0.364. The number of aromatic nitrogens is 1. The monoisotopic (exact) mass is 188 g/mol. The van der Waals surface area contributed by atoms with Crippen molar-refractivity contribution in [3.05, 3.63) is 11.1 Å². The molecule has 11 heavy (non-hydrogen) atoms. The van der Waals surface area contributed by atoms with Gasteiger partial charge in [-0.3, -0.25) is 9.59 Å². The minimum absolute atomic E-state index is 0.0625. The maximum Gasteiger partial charge on any atom is 0.258 e. The number of ketones is 1. The smallest absolute Gasteiger partial charge is 0.258 e. The Kier molecular flexibility index (Phi) is 2.25. The molecule has 4 nitrogen and oxygen atoms in total. The summed E-state index contributed by atoms with van der Waals surface area (Å²) in [6.45, 7) is 0. The molecule has 1 rings (SSSR count). The molecule has 6 heteroatoms. The molecule has 0 fully saturated rings. The van der Waals surface area contributed by atoms with Gasteiger partial charge in [-0.15, -0.1) is 11.3 Å². The lowest BCUT2D eigenvalue weighted by Crippen LogP contribution is -2.07. The van der Waals surface area contributed by atoms with Gasteiger partial charge in [0.15, 0.2) is 5.13 Å². The van der Waals surface area contributed by atoms with Crippen molar-refractivity contribution in [3.8, 4) is 0 Å². The minimum Gasteiger partial charge on any atom is -0.375 e. The van der Waals surface area contributed by atoms with Crippen molar-refractivity contribution in [2.75, 3.05) is 5.73 Å². The van der Waals surface area contributed by atoms with E-state index in [-0.39, 0.29) is 10.8 Å². The van der Waals surface area contributed by atoms with Gasteiger partial charge in [-0.1, -0.05) is 12.6 Å². The number of carbonyl (C=O) groups is 2. The standard InChI is InChI=1S/C5H4N2O2S2/c6-5-7-2(1-11-5)3(8)4(9)10/h1H,(H2,6,7)(H,9,10). The summed E-state index contributed by atoms with van der Waals surface area (Å²) in [6, 6.07) is 0. The zero-order valence-corrected chi connectivity index (χ0v) is 6.98. The molecule has 1 heterocycles. The summed E-state index contributed by atoms with van der Waals surface area (Å²) in [7, 11) is 0. The quantitative estimate of drug-likeness (QED) is 0.399. The Morgan fingerprint density at radius 1 is 1.64 bits per heavy atom. The summed E-state index contributed by atoms with van der Waals surface area (Å²) in [5, 5.41) is 0.865. The molecular formula is C5H4N2O2S2. The molecule has 0 atom stereocenters. The second-order valence-corrected chi connectivity index (χ2v) is 3.00. The number of Topliss-reactive ketones (excluding diaryl/α,β-unsaturated/α-hetero) is 1. The highest BCUT2D eigenvalue weighted by atomic mass is 32.1. The molecule has 0 saturated heterocycles. The average Bonchev–Trinajstić information content (AvgIpc) is 2.34. The molecule has 0 saturated carbocycles. The van der Waals surface area contributed by atoms with Gasteiger partial charge in [0.2, 0.25) is 0 Å². The van der Waals surface area contributed by atoms with Gasteiger partial charge >= 0.3 is 0 Å². The molecule has 0 aliphatic carbocycles. The Labute approximate surface area is 71.8 Å². The molecule has 0 amide bonds. The van der Waals surface area contributed by atoms with Crippen LogP contribution >= 0.6 is 24.0 Å². The molecule has 0 bridgehead atoms. The summed E-state index contributed by atoms with van der Waals surface area (Å²) < 4.78 is 0. The van der Waals surface area contributed by atoms with E-state index in [1.165, 1.54) is 5.38 Å². The van der Waals surface area contributed by atoms with Crippen LogP contribution in [0.2, 0.25) is 0 Å². The van der Waals surface area contributed by atoms with E-state index in [4.69, 9.17) is 5.73 Å². The Balaban J connectivity index is 2.94. The lowest BCUT2D eigenvalue weighted by Gasteiger charge is -1.85. The van der Waals surface area contributed by atoms with Crippen LogP contribution < -0.4 is 5.73 Å². The van der Waals surface area contributed by atoms with E-state index in [1.807, 2.05) is 0 Å². The van der Waals surface area contributed by atoms with Gasteiger partial charge in [-0.25, -0.2) is 4.98 Å². The first-order valence-corrected chi connectivity index (χ1v) is 3.92. The van der Waals surface area contributed by atoms with Gasteiger partial charge in [0, 0.05) is 5.38 Å². The van der Waals surface area contributed by atoms with Crippen LogP contribution in [0.1, 0.15) is 10.5 Å². The third-order valence-corrected chi connectivity index (χ3v) is 1.83. The van der Waals surface area contributed by atoms with Crippen LogP contribution in [-0.2, 0) is 4.79 Å². The Hall–Kier alpha value is -0.880. The third kappa shape index (κ3) is 1.78. The molecule has 0 aliphatic heterocycles. The number of thiazole rings is 1. The van der Waals surface area contributed by atoms with Gasteiger partial charge in [0.05, 0.1) is 0 Å². The second kappa shape index (κ2) is 3.02. The van der Waals surface area contributed by atoms with Gasteiger partial charge in [0.1, 0.15) is 5.69 Å². The van der Waals surface area contributed by atoms with Crippen molar-refractivity contribution in [1.29, 1.82) is 0 Å². The van der Waals surface area contributed by atoms with E-state index in [1.54, 1.807) is 0 Å². The third-order valence-electron chi connectivity index (χ3n) is 0.949. The van der Waals surface area contributed by atoms with Gasteiger partial charge in [0.25, 0.3) is 10.9 Å². The maximum atomic E-state index is 10.8. The fourth-order valence-corrected chi connectivity index (χ4v) is 1.16. The van der Waals surface area contributed by atoms with E-state index in [0.29, 0.717) is 0 Å². The highest BCUT2D eigenvalue weighted by Crippen LogP contribution is 2.11. The molecular weight excluding hydrogens is 184 g/mol. The number of hydrogen-bond donors (Lipinski definition) is 2. The molecule has 0 unspecified atom stereocenters. The van der Waals surface area contributed by atoms with Gasteiger partial charge in [-0.2, -0.15) is 0 Å². The van der Waals surface area contributed by atoms with E-state index in [2.05, 4.69) is 17.6 Å². The van der Waals surface area contributed by atoms with E-state index < -0.39 is 10.9 Å². The average molecular weight is 188 g/mol. The first kappa shape index (κ1) is 8.22. The molecule has 58 valence electrons. The van der Waals surface area contributed by atoms with Crippen LogP contribution in [0, 0.1) is 0 Å². The summed E-state index contributed by atoms with van der Waals surface area (Å²) in [4.78, 5) is 24.8. The van der Waals surface area contributed by atoms with E-state index in [0.717, 1.165) is 11.3 Å². The normalized spacial score (nSPS) is 9.55. The molecule has 0 aromatic carbocycles. The highest BCUT2D eigenvalue weighted by Gasteiger charge is 2.14. The van der Waals surface area contributed by atoms with Crippen LogP contribution in [-0.4, -0.2) is 15.9 Å². The van der Waals surface area contributed by atoms with Crippen molar-refractivity contribution in [1.82, 2.24) is 4.98 Å². The number of anilines is 1. The summed E-state index contributed by atoms with van der Waals surface area (Å²) >= 11 is 4.46. The van der Waals surface area contributed by atoms with Crippen LogP contribution in [0.3, 0.4) is 0 Å². The predicted molar refractivity (Wildman–Crippen MR) is 44.8 cm³/mol. The minimum atomic E-state index is -0.824. The van der Waals surface area contributed by atoms with E-state index in [9.17, 15) is 9.59 Å². The molecule has 0 radical (unpaired) electrons. The maximum absolute atomic E-state index is 10.8.